The molecule has 4 rings (SSSR count). The van der Waals surface area contributed by atoms with Crippen LogP contribution in [0.2, 0.25) is 0 Å². The second-order valence-electron chi connectivity index (χ2n) is 4.83. The van der Waals surface area contributed by atoms with Gasteiger partial charge in [0.25, 0.3) is 0 Å². The van der Waals surface area contributed by atoms with Gasteiger partial charge in [-0.15, -0.1) is 0 Å². The standard InChI is InChI=1S/C16H13N5/c17-15-13-14(20-21-15)11-8-4-5-9-12(11)19-16(13)18-10-6-2-1-3-7-10/h1-9H,(H,18,19)(H3,17,20,21). The first-order valence-corrected chi connectivity index (χ1v) is 6.67. The number of aromatic nitrogens is 3. The molecule has 4 aromatic rings. The molecule has 5 heteroatoms. The second-order valence-corrected chi connectivity index (χ2v) is 4.83. The number of nitrogens with zero attached hydrogens (tertiary/aromatic N) is 2. The van der Waals surface area contributed by atoms with Crippen molar-refractivity contribution in [1.82, 2.24) is 15.2 Å². The Morgan fingerprint density at radius 2 is 1.71 bits per heavy atom. The molecule has 0 aliphatic carbocycles. The number of hydrogen-bond donors (Lipinski definition) is 3. The van der Waals surface area contributed by atoms with Gasteiger partial charge in [0, 0.05) is 11.1 Å². The van der Waals surface area contributed by atoms with Crippen LogP contribution in [0.3, 0.4) is 0 Å². The number of hydrogen-bond acceptors (Lipinski definition) is 4. The fourth-order valence-corrected chi connectivity index (χ4v) is 2.50. The molecule has 0 radical (unpaired) electrons. The molecule has 102 valence electrons. The number of benzene rings is 2. The van der Waals surface area contributed by atoms with Crippen LogP contribution in [-0.2, 0) is 0 Å². The molecule has 0 aliphatic heterocycles. The van der Waals surface area contributed by atoms with Gasteiger partial charge in [-0.1, -0.05) is 36.4 Å². The van der Waals surface area contributed by atoms with E-state index in [4.69, 9.17) is 5.73 Å². The first kappa shape index (κ1) is 11.7. The van der Waals surface area contributed by atoms with Crippen LogP contribution in [0.15, 0.2) is 54.6 Å². The Kier molecular flexibility index (Phi) is 2.50. The predicted molar refractivity (Wildman–Crippen MR) is 85.5 cm³/mol. The maximum Gasteiger partial charge on any atom is 0.156 e. The third kappa shape index (κ3) is 1.87. The summed E-state index contributed by atoms with van der Waals surface area (Å²) in [5.41, 5.74) is 8.75. The molecule has 21 heavy (non-hydrogen) atoms. The summed E-state index contributed by atoms with van der Waals surface area (Å²) in [6, 6.07) is 17.8. The Labute approximate surface area is 120 Å². The lowest BCUT2D eigenvalue weighted by atomic mass is 10.1. The first-order chi connectivity index (χ1) is 10.3. The van der Waals surface area contributed by atoms with E-state index in [9.17, 15) is 0 Å². The molecule has 0 aliphatic rings. The summed E-state index contributed by atoms with van der Waals surface area (Å²) in [6.07, 6.45) is 0. The maximum atomic E-state index is 6.00. The molecular formula is C16H13N5. The molecule has 2 aromatic heterocycles. The molecule has 0 saturated carbocycles. The monoisotopic (exact) mass is 275 g/mol. The van der Waals surface area contributed by atoms with Crippen molar-refractivity contribution in [2.24, 2.45) is 0 Å². The first-order valence-electron chi connectivity index (χ1n) is 6.67. The summed E-state index contributed by atoms with van der Waals surface area (Å²) in [5, 5.41) is 12.3. The van der Waals surface area contributed by atoms with Gasteiger partial charge in [0.1, 0.15) is 5.82 Å². The molecule has 4 N–H and O–H groups in total. The lowest BCUT2D eigenvalue weighted by molar-refractivity contribution is 1.13. The van der Waals surface area contributed by atoms with E-state index in [0.29, 0.717) is 11.6 Å². The average Bonchev–Trinajstić information content (AvgIpc) is 2.91. The molecule has 0 unspecified atom stereocenters. The van der Waals surface area contributed by atoms with Crippen molar-refractivity contribution in [1.29, 1.82) is 0 Å². The third-order valence-electron chi connectivity index (χ3n) is 3.47. The van der Waals surface area contributed by atoms with Gasteiger partial charge >= 0.3 is 0 Å². The normalized spacial score (nSPS) is 11.0. The fraction of sp³-hybridized carbons (Fsp3) is 0. The number of pyridine rings is 1. The quantitative estimate of drug-likeness (QED) is 0.523. The zero-order chi connectivity index (χ0) is 14.2. The van der Waals surface area contributed by atoms with Crippen molar-refractivity contribution >= 4 is 39.1 Å². The molecule has 0 atom stereocenters. The summed E-state index contributed by atoms with van der Waals surface area (Å²) in [6.45, 7) is 0. The van der Waals surface area contributed by atoms with Crippen LogP contribution in [0.25, 0.3) is 21.8 Å². The molecule has 0 saturated heterocycles. The van der Waals surface area contributed by atoms with Crippen molar-refractivity contribution in [3.05, 3.63) is 54.6 Å². The van der Waals surface area contributed by atoms with E-state index in [1.165, 1.54) is 0 Å². The van der Waals surface area contributed by atoms with Crippen LogP contribution in [0.5, 0.6) is 0 Å². The van der Waals surface area contributed by atoms with Crippen LogP contribution in [-0.4, -0.2) is 15.2 Å². The number of aromatic amines is 1. The topological polar surface area (TPSA) is 79.6 Å². The fourth-order valence-electron chi connectivity index (χ4n) is 2.50. The van der Waals surface area contributed by atoms with Gasteiger partial charge in [-0.05, 0) is 18.2 Å². The van der Waals surface area contributed by atoms with E-state index < -0.39 is 0 Å². The number of nitrogens with one attached hydrogen (secondary N) is 2. The summed E-state index contributed by atoms with van der Waals surface area (Å²) < 4.78 is 0. The molecule has 2 aromatic carbocycles. The van der Waals surface area contributed by atoms with E-state index in [2.05, 4.69) is 20.5 Å². The summed E-state index contributed by atoms with van der Waals surface area (Å²) in [5.74, 6) is 1.16. The molecule has 0 spiro atoms. The van der Waals surface area contributed by atoms with Crippen molar-refractivity contribution in [3.63, 3.8) is 0 Å². The Morgan fingerprint density at radius 1 is 0.952 bits per heavy atom. The summed E-state index contributed by atoms with van der Waals surface area (Å²) in [7, 11) is 0. The molecule has 0 amide bonds. The highest BCUT2D eigenvalue weighted by molar-refractivity contribution is 6.12. The van der Waals surface area contributed by atoms with Crippen LogP contribution in [0.4, 0.5) is 17.3 Å². The van der Waals surface area contributed by atoms with Gasteiger partial charge in [-0.2, -0.15) is 5.10 Å². The number of H-pyrrole nitrogens is 1. The molecular weight excluding hydrogens is 262 g/mol. The number of nitrogen functional groups attached to an aromatic ring is 1. The second kappa shape index (κ2) is 4.49. The average molecular weight is 275 g/mol. The number of anilines is 3. The van der Waals surface area contributed by atoms with Crippen molar-refractivity contribution in [2.45, 2.75) is 0 Å². The van der Waals surface area contributed by atoms with E-state index >= 15 is 0 Å². The zero-order valence-corrected chi connectivity index (χ0v) is 11.2. The Hall–Kier alpha value is -3.08. The molecule has 5 nitrogen and oxygen atoms in total. The maximum absolute atomic E-state index is 6.00. The minimum Gasteiger partial charge on any atom is -0.382 e. The van der Waals surface area contributed by atoms with E-state index in [0.717, 1.165) is 27.5 Å². The highest BCUT2D eigenvalue weighted by atomic mass is 15.2. The molecule has 0 fully saturated rings. The largest absolute Gasteiger partial charge is 0.382 e. The zero-order valence-electron chi connectivity index (χ0n) is 11.2. The van der Waals surface area contributed by atoms with Gasteiger partial charge in [0.05, 0.1) is 16.4 Å². The predicted octanol–water partition coefficient (Wildman–Crippen LogP) is 3.44. The highest BCUT2D eigenvalue weighted by Gasteiger charge is 2.13. The Morgan fingerprint density at radius 3 is 2.57 bits per heavy atom. The van der Waals surface area contributed by atoms with Gasteiger partial charge in [-0.3, -0.25) is 5.10 Å². The SMILES string of the molecule is Nc1n[nH]c2c1c(Nc1ccccc1)nc1ccccc12. The van der Waals surface area contributed by atoms with E-state index in [-0.39, 0.29) is 0 Å². The summed E-state index contributed by atoms with van der Waals surface area (Å²) >= 11 is 0. The number of para-hydroxylation sites is 2. The van der Waals surface area contributed by atoms with Gasteiger partial charge in [-0.25, -0.2) is 4.98 Å². The van der Waals surface area contributed by atoms with Crippen LogP contribution < -0.4 is 11.1 Å². The Balaban J connectivity index is 1.99. The van der Waals surface area contributed by atoms with E-state index in [1.807, 2.05) is 54.6 Å². The van der Waals surface area contributed by atoms with Crippen molar-refractivity contribution < 1.29 is 0 Å². The highest BCUT2D eigenvalue weighted by Crippen LogP contribution is 2.32. The summed E-state index contributed by atoms with van der Waals surface area (Å²) in [4.78, 5) is 4.68. The smallest absolute Gasteiger partial charge is 0.156 e. The lowest BCUT2D eigenvalue weighted by Crippen LogP contribution is -1.96. The van der Waals surface area contributed by atoms with Crippen LogP contribution in [0, 0.1) is 0 Å². The minimum absolute atomic E-state index is 0.446. The van der Waals surface area contributed by atoms with Gasteiger partial charge < -0.3 is 11.1 Å². The Bertz CT molecular complexity index is 927. The molecule has 0 bridgehead atoms. The van der Waals surface area contributed by atoms with Gasteiger partial charge in [0.15, 0.2) is 5.82 Å². The molecule has 2 heterocycles. The number of fused-ring (bicyclic) bond motifs is 3. The van der Waals surface area contributed by atoms with Crippen LogP contribution >= 0.6 is 0 Å². The van der Waals surface area contributed by atoms with Crippen molar-refractivity contribution in [3.8, 4) is 0 Å². The van der Waals surface area contributed by atoms with Crippen molar-refractivity contribution in [2.75, 3.05) is 11.1 Å². The van der Waals surface area contributed by atoms with E-state index in [1.54, 1.807) is 0 Å². The minimum atomic E-state index is 0.446. The number of nitrogens with two attached hydrogens (primary N) is 1. The van der Waals surface area contributed by atoms with Gasteiger partial charge in [0.2, 0.25) is 0 Å². The lowest BCUT2D eigenvalue weighted by Gasteiger charge is -2.09. The van der Waals surface area contributed by atoms with Crippen LogP contribution in [0.1, 0.15) is 0 Å². The third-order valence-corrected chi connectivity index (χ3v) is 3.47. The number of rotatable bonds is 2.